The average Bonchev–Trinajstić information content (AvgIpc) is 2.87. The molecule has 1 atom stereocenters. The first kappa shape index (κ1) is 25.4. The van der Waals surface area contributed by atoms with E-state index in [1.165, 1.54) is 11.1 Å². The summed E-state index contributed by atoms with van der Waals surface area (Å²) in [7, 11) is 1.56. The molecule has 1 aliphatic carbocycles. The lowest BCUT2D eigenvalue weighted by Gasteiger charge is -2.41. The van der Waals surface area contributed by atoms with Crippen molar-refractivity contribution in [1.29, 1.82) is 0 Å². The molecule has 2 amide bonds. The van der Waals surface area contributed by atoms with Crippen LogP contribution in [-0.2, 0) is 17.6 Å². The summed E-state index contributed by atoms with van der Waals surface area (Å²) in [4.78, 5) is 26.6. The van der Waals surface area contributed by atoms with Crippen molar-refractivity contribution in [2.24, 2.45) is 0 Å². The summed E-state index contributed by atoms with van der Waals surface area (Å²) in [6.07, 6.45) is 0.584. The van der Waals surface area contributed by atoms with Gasteiger partial charge in [0.05, 0.1) is 7.11 Å². The summed E-state index contributed by atoms with van der Waals surface area (Å²) < 4.78 is 16.6. The predicted octanol–water partition coefficient (Wildman–Crippen LogP) is 4.11. The van der Waals surface area contributed by atoms with Crippen molar-refractivity contribution in [3.8, 4) is 22.6 Å². The number of alkyl carbamates (subject to hydrolysis) is 1. The van der Waals surface area contributed by atoms with Crippen LogP contribution in [0.3, 0.4) is 0 Å². The van der Waals surface area contributed by atoms with Crippen LogP contribution in [0.1, 0.15) is 22.7 Å². The van der Waals surface area contributed by atoms with Crippen LogP contribution in [0.5, 0.6) is 11.5 Å². The lowest BCUT2D eigenvalue weighted by molar-refractivity contribution is 0.107. The zero-order chi connectivity index (χ0) is 24.8. The first-order valence-electron chi connectivity index (χ1n) is 11.6. The van der Waals surface area contributed by atoms with Crippen molar-refractivity contribution in [2.75, 3.05) is 51.7 Å². The second-order valence-corrected chi connectivity index (χ2v) is 9.03. The number of hydrogen-bond acceptors (Lipinski definition) is 6. The fourth-order valence-electron chi connectivity index (χ4n) is 4.82. The number of nitrogens with zero attached hydrogens (tertiary/aromatic N) is 1. The van der Waals surface area contributed by atoms with E-state index < -0.39 is 12.2 Å². The Morgan fingerprint density at radius 1 is 1.06 bits per heavy atom. The molecule has 0 spiro atoms. The molecule has 8 nitrogen and oxygen atoms in total. The smallest absolute Gasteiger partial charge is 0.412 e. The monoisotopic (exact) mass is 521 g/mol. The highest BCUT2D eigenvalue weighted by Gasteiger charge is 2.36. The Morgan fingerprint density at radius 3 is 2.57 bits per heavy atom. The van der Waals surface area contributed by atoms with Gasteiger partial charge in [0.2, 0.25) is 0 Å². The van der Waals surface area contributed by atoms with Crippen molar-refractivity contribution in [3.05, 3.63) is 47.0 Å². The van der Waals surface area contributed by atoms with E-state index in [9.17, 15) is 9.59 Å². The van der Waals surface area contributed by atoms with E-state index in [0.717, 1.165) is 36.1 Å². The minimum absolute atomic E-state index is 0.128. The quantitative estimate of drug-likeness (QED) is 0.482. The number of methoxy groups -OCH3 is 1. The summed E-state index contributed by atoms with van der Waals surface area (Å²) in [5.41, 5.74) is 5.45. The number of ether oxygens (including phenoxy) is 3. The van der Waals surface area contributed by atoms with E-state index in [1.54, 1.807) is 7.11 Å². The Bertz CT molecular complexity index is 1080. The van der Waals surface area contributed by atoms with Crippen LogP contribution < -0.4 is 20.1 Å². The summed E-state index contributed by atoms with van der Waals surface area (Å²) in [6.45, 7) is 2.44. The number of benzene rings is 2. The number of amides is 2. The molecule has 1 heterocycles. The fourth-order valence-corrected chi connectivity index (χ4v) is 5.01. The van der Waals surface area contributed by atoms with Gasteiger partial charge in [0.1, 0.15) is 6.61 Å². The van der Waals surface area contributed by atoms with E-state index in [2.05, 4.69) is 27.7 Å². The van der Waals surface area contributed by atoms with Gasteiger partial charge in [-0.15, -0.1) is 23.2 Å². The molecule has 2 aromatic carbocycles. The topological polar surface area (TPSA) is 89.1 Å². The number of rotatable bonds is 9. The van der Waals surface area contributed by atoms with Crippen LogP contribution >= 0.6 is 23.2 Å². The molecular weight excluding hydrogens is 493 g/mol. The van der Waals surface area contributed by atoms with Gasteiger partial charge in [0.15, 0.2) is 11.5 Å². The molecule has 2 aromatic rings. The minimum Gasteiger partial charge on any atom is -0.493 e. The highest BCUT2D eigenvalue weighted by Crippen LogP contribution is 2.51. The zero-order valence-corrected chi connectivity index (χ0v) is 21.1. The van der Waals surface area contributed by atoms with E-state index >= 15 is 0 Å². The van der Waals surface area contributed by atoms with E-state index in [-0.39, 0.29) is 12.6 Å². The van der Waals surface area contributed by atoms with Crippen LogP contribution in [0.2, 0.25) is 0 Å². The van der Waals surface area contributed by atoms with Crippen LogP contribution in [0.25, 0.3) is 11.1 Å². The van der Waals surface area contributed by atoms with Gasteiger partial charge >= 0.3 is 12.2 Å². The molecule has 35 heavy (non-hydrogen) atoms. The summed E-state index contributed by atoms with van der Waals surface area (Å²) in [5, 5.41) is 5.26. The third-order valence-corrected chi connectivity index (χ3v) is 6.66. The van der Waals surface area contributed by atoms with Crippen LogP contribution in [0.15, 0.2) is 30.3 Å². The van der Waals surface area contributed by atoms with Crippen molar-refractivity contribution in [1.82, 2.24) is 15.5 Å². The van der Waals surface area contributed by atoms with Gasteiger partial charge in [-0.3, -0.25) is 4.90 Å². The lowest BCUT2D eigenvalue weighted by atomic mass is 9.76. The van der Waals surface area contributed by atoms with Crippen LogP contribution in [0.4, 0.5) is 9.59 Å². The third kappa shape index (κ3) is 5.60. The first-order chi connectivity index (χ1) is 17.1. The summed E-state index contributed by atoms with van der Waals surface area (Å²) >= 11 is 11.3. The largest absolute Gasteiger partial charge is 0.493 e. The van der Waals surface area contributed by atoms with E-state index in [0.29, 0.717) is 42.9 Å². The molecule has 10 heteroatoms. The van der Waals surface area contributed by atoms with E-state index in [4.69, 9.17) is 37.4 Å². The van der Waals surface area contributed by atoms with Gasteiger partial charge in [0, 0.05) is 49.5 Å². The number of hydrogen-bond donors (Lipinski definition) is 2. The Labute approximate surface area is 214 Å². The Morgan fingerprint density at radius 2 is 1.83 bits per heavy atom. The van der Waals surface area contributed by atoms with Crippen LogP contribution in [0, 0.1) is 0 Å². The standard InChI is InChI=1S/C25H29Cl2N3O5/c1-33-20-6-5-17-15-19-21-16(7-12-30(19)13-14-34-24(31)28-10-8-26)3-2-4-18(21)22(17)23(20)35-25(32)29-11-9-27/h2-6,19H,7-15H2,1H3,(H,28,31)(H,29,32). The third-order valence-electron chi connectivity index (χ3n) is 6.28. The van der Waals surface area contributed by atoms with Gasteiger partial charge in [-0.25, -0.2) is 9.59 Å². The minimum atomic E-state index is -0.574. The lowest BCUT2D eigenvalue weighted by Crippen LogP contribution is -2.41. The molecule has 4 rings (SSSR count). The maximum atomic E-state index is 12.4. The summed E-state index contributed by atoms with van der Waals surface area (Å²) in [6, 6.07) is 10.2. The Balaban J connectivity index is 1.62. The molecule has 188 valence electrons. The van der Waals surface area contributed by atoms with Gasteiger partial charge in [-0.05, 0) is 41.2 Å². The number of nitrogens with one attached hydrogen (secondary N) is 2. The fraction of sp³-hybridized carbons (Fsp3) is 0.440. The second-order valence-electron chi connectivity index (χ2n) is 8.27. The first-order valence-corrected chi connectivity index (χ1v) is 12.7. The summed E-state index contributed by atoms with van der Waals surface area (Å²) in [5.74, 6) is 1.53. The Kier molecular flexibility index (Phi) is 8.59. The predicted molar refractivity (Wildman–Crippen MR) is 135 cm³/mol. The van der Waals surface area contributed by atoms with Crippen molar-refractivity contribution in [2.45, 2.75) is 18.9 Å². The molecule has 1 aliphatic heterocycles. The molecule has 0 saturated heterocycles. The molecule has 0 aromatic heterocycles. The molecule has 0 radical (unpaired) electrons. The molecule has 0 fully saturated rings. The SMILES string of the molecule is COc1ccc2c(c1OC(=O)NCCCl)-c1cccc3c1C(C2)N(CCOC(=O)NCCCl)CC3. The number of carbonyl (C=O) groups excluding carboxylic acids is 2. The van der Waals surface area contributed by atoms with Gasteiger partial charge in [-0.1, -0.05) is 24.3 Å². The Hall–Kier alpha value is -2.68. The number of alkyl halides is 2. The highest BCUT2D eigenvalue weighted by molar-refractivity contribution is 6.18. The maximum Gasteiger partial charge on any atom is 0.412 e. The van der Waals surface area contributed by atoms with Gasteiger partial charge in [-0.2, -0.15) is 0 Å². The van der Waals surface area contributed by atoms with Crippen molar-refractivity contribution >= 4 is 35.4 Å². The van der Waals surface area contributed by atoms with Crippen molar-refractivity contribution < 1.29 is 23.8 Å². The van der Waals surface area contributed by atoms with Gasteiger partial charge < -0.3 is 24.8 Å². The number of fused-ring (bicyclic) bond motifs is 2. The second kappa shape index (κ2) is 11.8. The molecule has 2 N–H and O–H groups in total. The zero-order valence-electron chi connectivity index (χ0n) is 19.6. The highest BCUT2D eigenvalue weighted by atomic mass is 35.5. The number of carbonyl (C=O) groups is 2. The molecular formula is C25H29Cl2N3O5. The average molecular weight is 522 g/mol. The molecule has 0 saturated carbocycles. The molecule has 2 aliphatic rings. The molecule has 1 unspecified atom stereocenters. The van der Waals surface area contributed by atoms with Gasteiger partial charge in [0.25, 0.3) is 0 Å². The molecule has 0 bridgehead atoms. The number of halogens is 2. The maximum absolute atomic E-state index is 12.4. The normalized spacial score (nSPS) is 16.0. The van der Waals surface area contributed by atoms with Crippen LogP contribution in [-0.4, -0.2) is 68.7 Å². The van der Waals surface area contributed by atoms with E-state index in [1.807, 2.05) is 18.2 Å². The van der Waals surface area contributed by atoms with Crippen molar-refractivity contribution in [3.63, 3.8) is 0 Å².